The number of rotatable bonds is 6. The molecular weight excluding hydrogens is 424 g/mol. The fraction of sp³-hybridized carbons (Fsp3) is 0.0833. The monoisotopic (exact) mass is 444 g/mol. The van der Waals surface area contributed by atoms with E-state index in [1.54, 1.807) is 36.5 Å². The van der Waals surface area contributed by atoms with Crippen LogP contribution in [-0.4, -0.2) is 23.6 Å². The Labute approximate surface area is 185 Å². The molecule has 0 fully saturated rings. The molecular formula is C24H20N4O3S. The van der Waals surface area contributed by atoms with Crippen LogP contribution in [0.3, 0.4) is 0 Å². The van der Waals surface area contributed by atoms with Crippen molar-refractivity contribution in [1.29, 1.82) is 0 Å². The lowest BCUT2D eigenvalue weighted by Crippen LogP contribution is -2.15. The Bertz CT molecular complexity index is 1500. The lowest BCUT2D eigenvalue weighted by Gasteiger charge is -2.09. The van der Waals surface area contributed by atoms with Gasteiger partial charge >= 0.3 is 0 Å². The molecule has 0 bridgehead atoms. The summed E-state index contributed by atoms with van der Waals surface area (Å²) in [5, 5.41) is 7.14. The van der Waals surface area contributed by atoms with Gasteiger partial charge in [0.1, 0.15) is 5.52 Å². The summed E-state index contributed by atoms with van der Waals surface area (Å²) in [6.45, 7) is 2.00. The molecule has 160 valence electrons. The lowest BCUT2D eigenvalue weighted by molar-refractivity contribution is 0.600. The molecule has 3 aromatic carbocycles. The van der Waals surface area contributed by atoms with E-state index < -0.39 is 10.0 Å². The lowest BCUT2D eigenvalue weighted by atomic mass is 10.1. The zero-order chi connectivity index (χ0) is 22.1. The van der Waals surface area contributed by atoms with Crippen molar-refractivity contribution >= 4 is 26.8 Å². The maximum Gasteiger partial charge on any atom is 0.236 e. The second-order valence-electron chi connectivity index (χ2n) is 7.58. The van der Waals surface area contributed by atoms with E-state index in [1.165, 1.54) is 0 Å². The van der Waals surface area contributed by atoms with Gasteiger partial charge in [-0.25, -0.2) is 13.4 Å². The second kappa shape index (κ2) is 7.97. The Morgan fingerprint density at radius 1 is 1.00 bits per heavy atom. The van der Waals surface area contributed by atoms with Gasteiger partial charge in [0.05, 0.1) is 23.2 Å². The fourth-order valence-corrected chi connectivity index (χ4v) is 4.76. The van der Waals surface area contributed by atoms with E-state index in [0.29, 0.717) is 28.4 Å². The number of hydrogen-bond acceptors (Lipinski definition) is 5. The number of hydrogen-bond donors (Lipinski definition) is 2. The van der Waals surface area contributed by atoms with Gasteiger partial charge in [-0.3, -0.25) is 9.82 Å². The summed E-state index contributed by atoms with van der Waals surface area (Å²) in [6, 6.07) is 22.0. The van der Waals surface area contributed by atoms with Crippen LogP contribution < -0.4 is 4.72 Å². The van der Waals surface area contributed by atoms with Gasteiger partial charge in [-0.1, -0.05) is 48.5 Å². The van der Waals surface area contributed by atoms with Crippen molar-refractivity contribution in [1.82, 2.24) is 15.2 Å². The fourth-order valence-electron chi connectivity index (χ4n) is 3.57. The molecule has 0 amide bonds. The van der Waals surface area contributed by atoms with Crippen LogP contribution in [0.4, 0.5) is 5.69 Å². The van der Waals surface area contributed by atoms with Crippen LogP contribution in [0.25, 0.3) is 33.8 Å². The largest absolute Gasteiger partial charge is 0.436 e. The van der Waals surface area contributed by atoms with Crippen molar-refractivity contribution in [3.05, 3.63) is 90.1 Å². The Morgan fingerprint density at radius 3 is 2.69 bits per heavy atom. The van der Waals surface area contributed by atoms with Crippen LogP contribution in [0.15, 0.2) is 83.4 Å². The minimum absolute atomic E-state index is 0.101. The van der Waals surface area contributed by atoms with E-state index in [4.69, 9.17) is 4.42 Å². The molecule has 2 heterocycles. The quantitative estimate of drug-likeness (QED) is 0.378. The standard InChI is InChI=1S/C24H20N4O3S/c1-16-10-11-22-21(12-16)26-24(31-22)20-14-25-27-23(20)18-8-5-9-19(13-18)28-32(29,30)15-17-6-3-2-4-7-17/h2-14,28H,15H2,1H3,(H,25,27). The van der Waals surface area contributed by atoms with Crippen molar-refractivity contribution in [3.63, 3.8) is 0 Å². The number of sulfonamides is 1. The highest BCUT2D eigenvalue weighted by atomic mass is 32.2. The van der Waals surface area contributed by atoms with Crippen LogP contribution in [0, 0.1) is 6.92 Å². The molecule has 7 nitrogen and oxygen atoms in total. The number of nitrogens with one attached hydrogen (secondary N) is 2. The van der Waals surface area contributed by atoms with E-state index in [1.807, 2.05) is 49.4 Å². The number of benzene rings is 3. The zero-order valence-electron chi connectivity index (χ0n) is 17.2. The average molecular weight is 445 g/mol. The molecule has 5 aromatic rings. The Balaban J connectivity index is 1.44. The second-order valence-corrected chi connectivity index (χ2v) is 9.30. The van der Waals surface area contributed by atoms with E-state index >= 15 is 0 Å². The Morgan fingerprint density at radius 2 is 1.84 bits per heavy atom. The molecule has 0 saturated carbocycles. The van der Waals surface area contributed by atoms with Gasteiger partial charge in [-0.2, -0.15) is 5.10 Å². The summed E-state index contributed by atoms with van der Waals surface area (Å²) in [6.07, 6.45) is 1.65. The third-order valence-electron chi connectivity index (χ3n) is 5.04. The van der Waals surface area contributed by atoms with Gasteiger partial charge in [0.2, 0.25) is 15.9 Å². The predicted octanol–water partition coefficient (Wildman–Crippen LogP) is 5.14. The first-order valence-corrected chi connectivity index (χ1v) is 11.7. The number of nitrogens with zero attached hydrogens (tertiary/aromatic N) is 2. The average Bonchev–Trinajstić information content (AvgIpc) is 3.40. The van der Waals surface area contributed by atoms with Crippen molar-refractivity contribution in [3.8, 4) is 22.7 Å². The summed E-state index contributed by atoms with van der Waals surface area (Å²) < 4.78 is 33.8. The highest BCUT2D eigenvalue weighted by molar-refractivity contribution is 7.91. The summed E-state index contributed by atoms with van der Waals surface area (Å²) in [7, 11) is -3.56. The molecule has 0 radical (unpaired) electrons. The summed E-state index contributed by atoms with van der Waals surface area (Å²) in [4.78, 5) is 4.59. The topological polar surface area (TPSA) is 101 Å². The molecule has 8 heteroatoms. The molecule has 0 aliphatic carbocycles. The molecule has 0 unspecified atom stereocenters. The van der Waals surface area contributed by atoms with Crippen molar-refractivity contribution in [2.45, 2.75) is 12.7 Å². The number of oxazole rings is 1. The molecule has 0 atom stereocenters. The molecule has 2 aromatic heterocycles. The number of aryl methyl sites for hydroxylation is 1. The summed E-state index contributed by atoms with van der Waals surface area (Å²) >= 11 is 0. The minimum atomic E-state index is -3.56. The first-order valence-electron chi connectivity index (χ1n) is 10.0. The van der Waals surface area contributed by atoms with Crippen LogP contribution in [-0.2, 0) is 15.8 Å². The number of fused-ring (bicyclic) bond motifs is 1. The molecule has 32 heavy (non-hydrogen) atoms. The van der Waals surface area contributed by atoms with Gasteiger partial charge < -0.3 is 4.42 Å². The molecule has 0 aliphatic rings. The summed E-state index contributed by atoms with van der Waals surface area (Å²) in [5.41, 5.74) is 5.90. The van der Waals surface area contributed by atoms with Crippen molar-refractivity contribution in [2.75, 3.05) is 4.72 Å². The number of aromatic amines is 1. The van der Waals surface area contributed by atoms with Gasteiger partial charge in [-0.15, -0.1) is 0 Å². The highest BCUT2D eigenvalue weighted by Crippen LogP contribution is 2.33. The third-order valence-corrected chi connectivity index (χ3v) is 6.30. The van der Waals surface area contributed by atoms with Gasteiger partial charge in [0.15, 0.2) is 5.58 Å². The van der Waals surface area contributed by atoms with E-state index in [-0.39, 0.29) is 5.75 Å². The van der Waals surface area contributed by atoms with E-state index in [2.05, 4.69) is 19.9 Å². The third kappa shape index (κ3) is 4.13. The number of H-pyrrole nitrogens is 1. The predicted molar refractivity (Wildman–Crippen MR) is 124 cm³/mol. The number of aromatic nitrogens is 3. The number of anilines is 1. The minimum Gasteiger partial charge on any atom is -0.436 e. The Hall–Kier alpha value is -3.91. The SMILES string of the molecule is Cc1ccc2oc(-c3cn[nH]c3-c3cccc(NS(=O)(=O)Cc4ccccc4)c3)nc2c1. The van der Waals surface area contributed by atoms with E-state index in [9.17, 15) is 8.42 Å². The first-order chi connectivity index (χ1) is 15.5. The Kier molecular flexibility index (Phi) is 4.99. The van der Waals surface area contributed by atoms with Gasteiger partial charge in [0.25, 0.3) is 0 Å². The van der Waals surface area contributed by atoms with Crippen LogP contribution in [0.2, 0.25) is 0 Å². The highest BCUT2D eigenvalue weighted by Gasteiger charge is 2.17. The summed E-state index contributed by atoms with van der Waals surface area (Å²) in [5.74, 6) is 0.347. The molecule has 2 N–H and O–H groups in total. The van der Waals surface area contributed by atoms with Crippen molar-refractivity contribution < 1.29 is 12.8 Å². The zero-order valence-corrected chi connectivity index (χ0v) is 18.1. The maximum atomic E-state index is 12.6. The van der Waals surface area contributed by atoms with Crippen LogP contribution in [0.5, 0.6) is 0 Å². The van der Waals surface area contributed by atoms with Crippen LogP contribution in [0.1, 0.15) is 11.1 Å². The molecule has 0 saturated heterocycles. The van der Waals surface area contributed by atoms with Crippen molar-refractivity contribution in [2.24, 2.45) is 0 Å². The molecule has 0 aliphatic heterocycles. The van der Waals surface area contributed by atoms with Gasteiger partial charge in [-0.05, 0) is 42.3 Å². The van der Waals surface area contributed by atoms with Gasteiger partial charge in [0, 0.05) is 11.3 Å². The van der Waals surface area contributed by atoms with Crippen LogP contribution >= 0.6 is 0 Å². The maximum absolute atomic E-state index is 12.6. The molecule has 0 spiro atoms. The van der Waals surface area contributed by atoms with E-state index in [0.717, 1.165) is 22.2 Å². The molecule has 5 rings (SSSR count). The normalized spacial score (nSPS) is 11.7. The first kappa shape index (κ1) is 20.0. The smallest absolute Gasteiger partial charge is 0.236 e.